The third-order valence-electron chi connectivity index (χ3n) is 3.11. The Morgan fingerprint density at radius 1 is 1.40 bits per heavy atom. The zero-order valence-electron chi connectivity index (χ0n) is 11.4. The van der Waals surface area contributed by atoms with Gasteiger partial charge in [-0.3, -0.25) is 4.68 Å². The number of thiazole rings is 1. The van der Waals surface area contributed by atoms with Crippen molar-refractivity contribution in [1.29, 1.82) is 0 Å². The number of rotatable bonds is 4. The van der Waals surface area contributed by atoms with Crippen LogP contribution in [-0.4, -0.2) is 14.8 Å². The van der Waals surface area contributed by atoms with Crippen molar-refractivity contribution in [3.05, 3.63) is 40.1 Å². The zero-order chi connectivity index (χ0) is 14.1. The number of hydrogen-bond donors (Lipinski definition) is 1. The summed E-state index contributed by atoms with van der Waals surface area (Å²) < 4.78 is 4.12. The number of fused-ring (bicyclic) bond motifs is 1. The Balaban J connectivity index is 1.79. The minimum absolute atomic E-state index is 0.762. The average molecular weight is 351 g/mol. The SMILES string of the molecule is CCc1nn(C)cc1CNc1nc2cc(Br)ccc2s1. The first-order valence-electron chi connectivity index (χ1n) is 6.47. The maximum atomic E-state index is 4.60. The van der Waals surface area contributed by atoms with Crippen LogP contribution in [0.5, 0.6) is 0 Å². The first-order valence-corrected chi connectivity index (χ1v) is 8.08. The summed E-state index contributed by atoms with van der Waals surface area (Å²) in [6.07, 6.45) is 3.01. The van der Waals surface area contributed by atoms with Crippen molar-refractivity contribution in [3.63, 3.8) is 0 Å². The molecule has 0 unspecified atom stereocenters. The largest absolute Gasteiger partial charge is 0.357 e. The molecule has 4 nitrogen and oxygen atoms in total. The van der Waals surface area contributed by atoms with Crippen molar-refractivity contribution in [2.45, 2.75) is 19.9 Å². The molecule has 0 aliphatic heterocycles. The predicted molar refractivity (Wildman–Crippen MR) is 87.2 cm³/mol. The van der Waals surface area contributed by atoms with Crippen LogP contribution in [0.2, 0.25) is 0 Å². The molecule has 0 radical (unpaired) electrons. The van der Waals surface area contributed by atoms with E-state index in [1.54, 1.807) is 11.3 Å². The summed E-state index contributed by atoms with van der Waals surface area (Å²) >= 11 is 5.15. The van der Waals surface area contributed by atoms with Gasteiger partial charge in [-0.15, -0.1) is 0 Å². The highest BCUT2D eigenvalue weighted by molar-refractivity contribution is 9.10. The van der Waals surface area contributed by atoms with Crippen molar-refractivity contribution >= 4 is 42.6 Å². The smallest absolute Gasteiger partial charge is 0.184 e. The van der Waals surface area contributed by atoms with Gasteiger partial charge >= 0.3 is 0 Å². The lowest BCUT2D eigenvalue weighted by Crippen LogP contribution is -2.00. The fourth-order valence-corrected chi connectivity index (χ4v) is 3.37. The van der Waals surface area contributed by atoms with Crippen LogP contribution in [0.1, 0.15) is 18.2 Å². The lowest BCUT2D eigenvalue weighted by molar-refractivity contribution is 0.746. The molecule has 1 aromatic carbocycles. The number of nitrogens with one attached hydrogen (secondary N) is 1. The normalized spacial score (nSPS) is 11.2. The van der Waals surface area contributed by atoms with Crippen molar-refractivity contribution in [2.75, 3.05) is 5.32 Å². The molecule has 3 rings (SSSR count). The van der Waals surface area contributed by atoms with E-state index in [4.69, 9.17) is 0 Å². The van der Waals surface area contributed by atoms with Gasteiger partial charge < -0.3 is 5.32 Å². The lowest BCUT2D eigenvalue weighted by atomic mass is 10.2. The van der Waals surface area contributed by atoms with E-state index in [1.165, 1.54) is 10.3 Å². The van der Waals surface area contributed by atoms with E-state index in [2.05, 4.69) is 50.5 Å². The van der Waals surface area contributed by atoms with Gasteiger partial charge in [0.05, 0.1) is 15.9 Å². The Bertz CT molecular complexity index is 747. The molecule has 0 aliphatic rings. The molecular weight excluding hydrogens is 336 g/mol. The number of hydrogen-bond acceptors (Lipinski definition) is 4. The maximum absolute atomic E-state index is 4.60. The number of nitrogens with zero attached hydrogens (tertiary/aromatic N) is 3. The minimum atomic E-state index is 0.762. The third kappa shape index (κ3) is 2.71. The molecule has 0 saturated heterocycles. The minimum Gasteiger partial charge on any atom is -0.357 e. The van der Waals surface area contributed by atoms with Crippen LogP contribution in [0.25, 0.3) is 10.2 Å². The van der Waals surface area contributed by atoms with Gasteiger partial charge in [0.1, 0.15) is 0 Å². The summed E-state index contributed by atoms with van der Waals surface area (Å²) in [5.74, 6) is 0. The molecule has 0 atom stereocenters. The topological polar surface area (TPSA) is 42.7 Å². The Morgan fingerprint density at radius 2 is 2.25 bits per heavy atom. The van der Waals surface area contributed by atoms with Gasteiger partial charge in [-0.1, -0.05) is 34.2 Å². The van der Waals surface area contributed by atoms with Crippen molar-refractivity contribution in [2.24, 2.45) is 7.05 Å². The van der Waals surface area contributed by atoms with Crippen LogP contribution in [0, 0.1) is 0 Å². The van der Waals surface area contributed by atoms with Crippen molar-refractivity contribution < 1.29 is 0 Å². The highest BCUT2D eigenvalue weighted by Gasteiger charge is 2.08. The summed E-state index contributed by atoms with van der Waals surface area (Å²) in [5, 5.41) is 8.79. The van der Waals surface area contributed by atoms with E-state index in [0.717, 1.165) is 33.8 Å². The fraction of sp³-hybridized carbons (Fsp3) is 0.286. The molecule has 0 amide bonds. The summed E-state index contributed by atoms with van der Waals surface area (Å²) in [7, 11) is 1.96. The number of anilines is 1. The second-order valence-corrected chi connectivity index (χ2v) is 6.56. The average Bonchev–Trinajstić information content (AvgIpc) is 2.98. The maximum Gasteiger partial charge on any atom is 0.184 e. The van der Waals surface area contributed by atoms with Crippen molar-refractivity contribution in [3.8, 4) is 0 Å². The fourth-order valence-electron chi connectivity index (χ4n) is 2.18. The highest BCUT2D eigenvalue weighted by Crippen LogP contribution is 2.28. The molecule has 0 spiro atoms. The van der Waals surface area contributed by atoms with Gasteiger partial charge in [0.25, 0.3) is 0 Å². The molecule has 104 valence electrons. The van der Waals surface area contributed by atoms with Gasteiger partial charge in [0.2, 0.25) is 0 Å². The number of aromatic nitrogens is 3. The Hall–Kier alpha value is -1.40. The van der Waals surface area contributed by atoms with E-state index in [9.17, 15) is 0 Å². The summed E-state index contributed by atoms with van der Waals surface area (Å²) in [6, 6.07) is 6.17. The van der Waals surface area contributed by atoms with Crippen LogP contribution in [0.15, 0.2) is 28.9 Å². The molecule has 0 aliphatic carbocycles. The third-order valence-corrected chi connectivity index (χ3v) is 4.59. The van der Waals surface area contributed by atoms with Gasteiger partial charge in [0.15, 0.2) is 5.13 Å². The molecule has 0 bridgehead atoms. The van der Waals surface area contributed by atoms with E-state index < -0.39 is 0 Å². The van der Waals surface area contributed by atoms with Crippen LogP contribution < -0.4 is 5.32 Å². The van der Waals surface area contributed by atoms with E-state index in [1.807, 2.05) is 23.9 Å². The number of aryl methyl sites for hydroxylation is 2. The van der Waals surface area contributed by atoms with Crippen LogP contribution in [0.4, 0.5) is 5.13 Å². The standard InChI is InChI=1S/C14H15BrN4S/c1-3-11-9(8-19(2)18-11)7-16-14-17-12-6-10(15)4-5-13(12)20-14/h4-6,8H,3,7H2,1-2H3,(H,16,17). The summed E-state index contributed by atoms with van der Waals surface area (Å²) in [6.45, 7) is 2.89. The predicted octanol–water partition coefficient (Wildman–Crippen LogP) is 3.97. The Labute approximate surface area is 130 Å². The number of benzene rings is 1. The number of halogens is 1. The molecule has 20 heavy (non-hydrogen) atoms. The molecule has 2 heterocycles. The molecule has 1 N–H and O–H groups in total. The first-order chi connectivity index (χ1) is 9.65. The molecular formula is C14H15BrN4S. The molecule has 0 saturated carbocycles. The quantitative estimate of drug-likeness (QED) is 0.774. The van der Waals surface area contributed by atoms with E-state index in [-0.39, 0.29) is 0 Å². The van der Waals surface area contributed by atoms with Crippen LogP contribution in [0.3, 0.4) is 0 Å². The van der Waals surface area contributed by atoms with Crippen LogP contribution in [-0.2, 0) is 20.0 Å². The zero-order valence-corrected chi connectivity index (χ0v) is 13.8. The molecule has 3 aromatic rings. The van der Waals surface area contributed by atoms with Gasteiger partial charge in [0, 0.05) is 29.8 Å². The van der Waals surface area contributed by atoms with Gasteiger partial charge in [-0.05, 0) is 24.6 Å². The molecule has 6 heteroatoms. The summed E-state index contributed by atoms with van der Waals surface area (Å²) in [4.78, 5) is 4.60. The van der Waals surface area contributed by atoms with Gasteiger partial charge in [-0.25, -0.2) is 4.98 Å². The monoisotopic (exact) mass is 350 g/mol. The van der Waals surface area contributed by atoms with Crippen LogP contribution >= 0.6 is 27.3 Å². The lowest BCUT2D eigenvalue weighted by Gasteiger charge is -2.01. The first kappa shape index (κ1) is 13.6. The van der Waals surface area contributed by atoms with E-state index in [0.29, 0.717) is 0 Å². The second kappa shape index (κ2) is 5.54. The molecule has 2 aromatic heterocycles. The Morgan fingerprint density at radius 3 is 3.05 bits per heavy atom. The summed E-state index contributed by atoms with van der Waals surface area (Å²) in [5.41, 5.74) is 3.40. The molecule has 0 fully saturated rings. The Kier molecular flexibility index (Phi) is 3.76. The van der Waals surface area contributed by atoms with E-state index >= 15 is 0 Å². The van der Waals surface area contributed by atoms with Crippen molar-refractivity contribution in [1.82, 2.24) is 14.8 Å². The van der Waals surface area contributed by atoms with Gasteiger partial charge in [-0.2, -0.15) is 5.10 Å². The second-order valence-electron chi connectivity index (χ2n) is 4.61. The highest BCUT2D eigenvalue weighted by atomic mass is 79.9.